The van der Waals surface area contributed by atoms with Crippen LogP contribution >= 0.6 is 11.6 Å². The number of carbonyl (C=O) groups excluding carboxylic acids is 1. The van der Waals surface area contributed by atoms with Crippen molar-refractivity contribution in [3.05, 3.63) is 17.2 Å². The monoisotopic (exact) mass is 367 g/mol. The van der Waals surface area contributed by atoms with Crippen LogP contribution in [-0.4, -0.2) is 37.6 Å². The quantitative estimate of drug-likeness (QED) is 0.714. The number of nitrogens with zero attached hydrogens (tertiary/aromatic N) is 1. The zero-order chi connectivity index (χ0) is 18.4. The molecule has 2 rings (SSSR count). The number of benzene rings is 1. The Hall–Kier alpha value is -1.46. The maximum absolute atomic E-state index is 12.6. The standard InChI is InChI=1S/C19H30ClN3O2/c1-4-13(5-2)12-23-8-6-14(7-9-23)19(24)22-17-10-15(20)16(21)11-18(17)25-3/h10-11,13-14H,4-9,12,21H2,1-3H3,(H,22,24). The van der Waals surface area contributed by atoms with E-state index in [1.165, 1.54) is 12.8 Å². The minimum Gasteiger partial charge on any atom is -0.494 e. The van der Waals surface area contributed by atoms with Crippen molar-refractivity contribution in [1.29, 1.82) is 0 Å². The van der Waals surface area contributed by atoms with Gasteiger partial charge in [-0.1, -0.05) is 38.3 Å². The second kappa shape index (κ2) is 9.30. The lowest BCUT2D eigenvalue weighted by Crippen LogP contribution is -2.40. The smallest absolute Gasteiger partial charge is 0.227 e. The first-order chi connectivity index (χ1) is 12.0. The zero-order valence-electron chi connectivity index (χ0n) is 15.5. The van der Waals surface area contributed by atoms with Crippen LogP contribution in [0.1, 0.15) is 39.5 Å². The summed E-state index contributed by atoms with van der Waals surface area (Å²) in [7, 11) is 1.55. The molecule has 140 valence electrons. The van der Waals surface area contributed by atoms with E-state index >= 15 is 0 Å². The van der Waals surface area contributed by atoms with Crippen molar-refractivity contribution in [2.24, 2.45) is 11.8 Å². The minimum atomic E-state index is 0.0268. The van der Waals surface area contributed by atoms with E-state index in [-0.39, 0.29) is 11.8 Å². The van der Waals surface area contributed by atoms with E-state index in [0.717, 1.165) is 38.4 Å². The topological polar surface area (TPSA) is 67.6 Å². The molecular formula is C19H30ClN3O2. The first-order valence-corrected chi connectivity index (χ1v) is 9.52. The van der Waals surface area contributed by atoms with Gasteiger partial charge in [-0.3, -0.25) is 4.79 Å². The third kappa shape index (κ3) is 5.25. The molecule has 1 aliphatic heterocycles. The molecule has 1 saturated heterocycles. The van der Waals surface area contributed by atoms with Gasteiger partial charge in [0.15, 0.2) is 0 Å². The molecule has 0 aromatic heterocycles. The molecule has 0 bridgehead atoms. The number of carbonyl (C=O) groups is 1. The van der Waals surface area contributed by atoms with Crippen molar-refractivity contribution in [2.45, 2.75) is 39.5 Å². The number of ether oxygens (including phenoxy) is 1. The molecule has 1 fully saturated rings. The Morgan fingerprint density at radius 2 is 2.00 bits per heavy atom. The number of amides is 1. The molecule has 25 heavy (non-hydrogen) atoms. The average Bonchev–Trinajstić information content (AvgIpc) is 2.62. The van der Waals surface area contributed by atoms with E-state index in [2.05, 4.69) is 24.1 Å². The molecule has 1 heterocycles. The van der Waals surface area contributed by atoms with Crippen LogP contribution in [0.3, 0.4) is 0 Å². The van der Waals surface area contributed by atoms with Crippen LogP contribution in [0.25, 0.3) is 0 Å². The molecule has 0 atom stereocenters. The fourth-order valence-electron chi connectivity index (χ4n) is 3.36. The summed E-state index contributed by atoms with van der Waals surface area (Å²) in [6.45, 7) is 7.60. The van der Waals surface area contributed by atoms with E-state index in [0.29, 0.717) is 22.1 Å². The third-order valence-electron chi connectivity index (χ3n) is 5.21. The number of nitrogens with one attached hydrogen (secondary N) is 1. The van der Waals surface area contributed by atoms with Crippen LogP contribution in [0.4, 0.5) is 11.4 Å². The van der Waals surface area contributed by atoms with Crippen LogP contribution in [0.5, 0.6) is 5.75 Å². The maximum Gasteiger partial charge on any atom is 0.227 e. The van der Waals surface area contributed by atoms with Crippen molar-refractivity contribution in [3.8, 4) is 5.75 Å². The Bertz CT molecular complexity index is 582. The summed E-state index contributed by atoms with van der Waals surface area (Å²) in [5.74, 6) is 1.34. The number of anilines is 2. The highest BCUT2D eigenvalue weighted by Gasteiger charge is 2.26. The Balaban J connectivity index is 1.92. The average molecular weight is 368 g/mol. The minimum absolute atomic E-state index is 0.0268. The Morgan fingerprint density at radius 1 is 1.36 bits per heavy atom. The SMILES string of the molecule is CCC(CC)CN1CCC(C(=O)Nc2cc(Cl)c(N)cc2OC)CC1. The van der Waals surface area contributed by atoms with Gasteiger partial charge in [-0.2, -0.15) is 0 Å². The van der Waals surface area contributed by atoms with Gasteiger partial charge in [0.05, 0.1) is 23.5 Å². The molecule has 0 unspecified atom stereocenters. The summed E-state index contributed by atoms with van der Waals surface area (Å²) in [5, 5.41) is 3.37. The van der Waals surface area contributed by atoms with Gasteiger partial charge in [0.1, 0.15) is 5.75 Å². The van der Waals surface area contributed by atoms with Gasteiger partial charge in [0, 0.05) is 18.5 Å². The lowest BCUT2D eigenvalue weighted by atomic mass is 9.94. The number of halogens is 1. The third-order valence-corrected chi connectivity index (χ3v) is 5.53. The predicted molar refractivity (Wildman–Crippen MR) is 104 cm³/mol. The number of methoxy groups -OCH3 is 1. The maximum atomic E-state index is 12.6. The van der Waals surface area contributed by atoms with Crippen molar-refractivity contribution in [1.82, 2.24) is 4.90 Å². The molecule has 3 N–H and O–H groups in total. The Morgan fingerprint density at radius 3 is 2.56 bits per heavy atom. The van der Waals surface area contributed by atoms with Gasteiger partial charge >= 0.3 is 0 Å². The number of hydrogen-bond donors (Lipinski definition) is 2. The fourth-order valence-corrected chi connectivity index (χ4v) is 3.52. The number of nitrogens with two attached hydrogens (primary N) is 1. The summed E-state index contributed by atoms with van der Waals surface area (Å²) < 4.78 is 5.29. The summed E-state index contributed by atoms with van der Waals surface area (Å²) >= 11 is 6.07. The first kappa shape index (κ1) is 19.9. The number of rotatable bonds is 7. The molecule has 0 aliphatic carbocycles. The number of nitrogen functional groups attached to an aromatic ring is 1. The first-order valence-electron chi connectivity index (χ1n) is 9.14. The van der Waals surface area contributed by atoms with E-state index < -0.39 is 0 Å². The van der Waals surface area contributed by atoms with Crippen LogP contribution in [0.2, 0.25) is 5.02 Å². The summed E-state index contributed by atoms with van der Waals surface area (Å²) in [6, 6.07) is 3.28. The van der Waals surface area contributed by atoms with Crippen molar-refractivity contribution in [3.63, 3.8) is 0 Å². The fraction of sp³-hybridized carbons (Fsp3) is 0.632. The second-order valence-corrected chi connectivity index (χ2v) is 7.23. The van der Waals surface area contributed by atoms with Crippen LogP contribution in [-0.2, 0) is 4.79 Å². The van der Waals surface area contributed by atoms with E-state index in [9.17, 15) is 4.79 Å². The van der Waals surface area contributed by atoms with Gasteiger partial charge < -0.3 is 20.7 Å². The summed E-state index contributed by atoms with van der Waals surface area (Å²) in [4.78, 5) is 15.1. The largest absolute Gasteiger partial charge is 0.494 e. The lowest BCUT2D eigenvalue weighted by Gasteiger charge is -2.33. The highest BCUT2D eigenvalue weighted by molar-refractivity contribution is 6.33. The number of piperidine rings is 1. The molecule has 5 nitrogen and oxygen atoms in total. The van der Waals surface area contributed by atoms with Gasteiger partial charge in [0.2, 0.25) is 5.91 Å². The van der Waals surface area contributed by atoms with Gasteiger partial charge in [-0.25, -0.2) is 0 Å². The normalized spacial score (nSPS) is 16.2. The van der Waals surface area contributed by atoms with Crippen molar-refractivity contribution in [2.75, 3.05) is 37.8 Å². The molecule has 1 amide bonds. The zero-order valence-corrected chi connectivity index (χ0v) is 16.2. The predicted octanol–water partition coefficient (Wildman–Crippen LogP) is 4.02. The molecule has 6 heteroatoms. The molecule has 0 spiro atoms. The molecular weight excluding hydrogens is 338 g/mol. The molecule has 1 aromatic rings. The summed E-state index contributed by atoms with van der Waals surface area (Å²) in [6.07, 6.45) is 4.21. The summed E-state index contributed by atoms with van der Waals surface area (Å²) in [5.41, 5.74) is 6.80. The van der Waals surface area contributed by atoms with Gasteiger partial charge in [0.25, 0.3) is 0 Å². The highest BCUT2D eigenvalue weighted by Crippen LogP contribution is 2.33. The molecule has 1 aliphatic rings. The highest BCUT2D eigenvalue weighted by atomic mass is 35.5. The van der Waals surface area contributed by atoms with Gasteiger partial charge in [-0.05, 0) is 37.9 Å². The van der Waals surface area contributed by atoms with Crippen LogP contribution in [0.15, 0.2) is 12.1 Å². The van der Waals surface area contributed by atoms with Crippen LogP contribution < -0.4 is 15.8 Å². The molecule has 0 saturated carbocycles. The molecule has 0 radical (unpaired) electrons. The van der Waals surface area contributed by atoms with E-state index in [1.54, 1.807) is 19.2 Å². The van der Waals surface area contributed by atoms with Crippen molar-refractivity contribution >= 4 is 28.9 Å². The van der Waals surface area contributed by atoms with E-state index in [4.69, 9.17) is 22.1 Å². The second-order valence-electron chi connectivity index (χ2n) is 6.82. The Labute approximate surface area is 155 Å². The molecule has 1 aromatic carbocycles. The Kier molecular flexibility index (Phi) is 7.38. The number of hydrogen-bond acceptors (Lipinski definition) is 4. The van der Waals surface area contributed by atoms with Crippen LogP contribution in [0, 0.1) is 11.8 Å². The van der Waals surface area contributed by atoms with Crippen molar-refractivity contribution < 1.29 is 9.53 Å². The number of likely N-dealkylation sites (tertiary alicyclic amines) is 1. The van der Waals surface area contributed by atoms with E-state index in [1.807, 2.05) is 0 Å². The van der Waals surface area contributed by atoms with Gasteiger partial charge in [-0.15, -0.1) is 0 Å². The lowest BCUT2D eigenvalue weighted by molar-refractivity contribution is -0.121.